The zero-order valence-electron chi connectivity index (χ0n) is 6.95. The molecule has 1 atom stereocenters. The van der Waals surface area contributed by atoms with Gasteiger partial charge in [0.1, 0.15) is 16.2 Å². The second-order valence-electron chi connectivity index (χ2n) is 2.87. The van der Waals surface area contributed by atoms with Gasteiger partial charge in [-0.15, -0.1) is 0 Å². The average molecular weight is 253 g/mol. The van der Waals surface area contributed by atoms with Crippen molar-refractivity contribution in [3.63, 3.8) is 0 Å². The topological polar surface area (TPSA) is 70.9 Å². The molecular formula is C9H5BrN2O2. The third kappa shape index (κ3) is 1.13. The Morgan fingerprint density at radius 3 is 2.86 bits per heavy atom. The Morgan fingerprint density at radius 1 is 1.43 bits per heavy atom. The first-order valence-corrected chi connectivity index (χ1v) is 4.81. The van der Waals surface area contributed by atoms with Crippen LogP contribution in [0.25, 0.3) is 0 Å². The summed E-state index contributed by atoms with van der Waals surface area (Å²) < 4.78 is 0. The predicted molar refractivity (Wildman–Crippen MR) is 53.3 cm³/mol. The van der Waals surface area contributed by atoms with E-state index in [1.165, 1.54) is 12.3 Å². The van der Waals surface area contributed by atoms with E-state index in [0.29, 0.717) is 0 Å². The number of carbonyl (C=O) groups is 2. The number of pyridine rings is 1. The van der Waals surface area contributed by atoms with E-state index in [2.05, 4.69) is 20.9 Å². The Balaban J connectivity index is 2.68. The molecule has 14 heavy (non-hydrogen) atoms. The zero-order chi connectivity index (χ0) is 10.3. The summed E-state index contributed by atoms with van der Waals surface area (Å²) in [6.07, 6.45) is 1.46. The molecule has 1 heterocycles. The number of nitrogens with zero attached hydrogens (tertiary/aromatic N) is 1. The first-order chi connectivity index (χ1) is 6.63. The molecule has 1 N–H and O–H groups in total. The van der Waals surface area contributed by atoms with Crippen molar-refractivity contribution < 1.29 is 9.59 Å². The first kappa shape index (κ1) is 9.21. The fourth-order valence-corrected chi connectivity index (χ4v) is 1.72. The molecule has 1 aromatic rings. The Bertz CT molecular complexity index is 456. The van der Waals surface area contributed by atoms with Gasteiger partial charge in [0.25, 0.3) is 0 Å². The van der Waals surface area contributed by atoms with Crippen LogP contribution in [-0.4, -0.2) is 27.1 Å². The molecule has 5 heteroatoms. The van der Waals surface area contributed by atoms with Gasteiger partial charge in [0.05, 0.1) is 5.56 Å². The van der Waals surface area contributed by atoms with Crippen molar-refractivity contribution in [1.82, 2.24) is 4.98 Å². The van der Waals surface area contributed by atoms with Gasteiger partial charge in [-0.2, -0.15) is 0 Å². The normalized spacial score (nSPS) is 20.9. The molecule has 0 aromatic carbocycles. The van der Waals surface area contributed by atoms with Gasteiger partial charge in [0.2, 0.25) is 11.6 Å². The van der Waals surface area contributed by atoms with E-state index in [9.17, 15) is 9.59 Å². The lowest BCUT2D eigenvalue weighted by Crippen LogP contribution is -2.37. The molecule has 0 fully saturated rings. The van der Waals surface area contributed by atoms with Crippen LogP contribution in [0, 0.1) is 5.41 Å². The number of hydrogen-bond acceptors (Lipinski definition) is 4. The molecule has 1 unspecified atom stereocenters. The van der Waals surface area contributed by atoms with E-state index in [0.717, 1.165) is 0 Å². The minimum atomic E-state index is -0.850. The summed E-state index contributed by atoms with van der Waals surface area (Å²) in [7, 11) is 0. The van der Waals surface area contributed by atoms with Crippen LogP contribution in [0.3, 0.4) is 0 Å². The number of fused-ring (bicyclic) bond motifs is 1. The maximum atomic E-state index is 11.6. The van der Waals surface area contributed by atoms with E-state index in [1.807, 2.05) is 0 Å². The molecule has 1 aromatic heterocycles. The molecule has 70 valence electrons. The number of carbonyl (C=O) groups excluding carboxylic acids is 2. The van der Waals surface area contributed by atoms with Crippen LogP contribution in [0.5, 0.6) is 0 Å². The van der Waals surface area contributed by atoms with Gasteiger partial charge in [-0.25, -0.2) is 0 Å². The number of Topliss-reactive ketones (excluding diaryl/α,β-unsaturated/α-hetero) is 2. The number of nitrogens with one attached hydrogen (secondary N) is 1. The summed E-state index contributed by atoms with van der Waals surface area (Å²) in [4.78, 5) is 26.1. The fourth-order valence-electron chi connectivity index (χ4n) is 1.30. The van der Waals surface area contributed by atoms with Gasteiger partial charge in [0, 0.05) is 6.20 Å². The van der Waals surface area contributed by atoms with E-state index in [1.54, 1.807) is 6.07 Å². The first-order valence-electron chi connectivity index (χ1n) is 3.89. The van der Waals surface area contributed by atoms with E-state index in [4.69, 9.17) is 5.41 Å². The molecule has 1 aliphatic carbocycles. The predicted octanol–water partition coefficient (Wildman–Crippen LogP) is 1.24. The minimum absolute atomic E-state index is 0.148. The molecule has 1 aliphatic rings. The van der Waals surface area contributed by atoms with Gasteiger partial charge in [-0.05, 0) is 12.1 Å². The van der Waals surface area contributed by atoms with Gasteiger partial charge < -0.3 is 0 Å². The quantitative estimate of drug-likeness (QED) is 0.707. The monoisotopic (exact) mass is 252 g/mol. The second kappa shape index (κ2) is 3.09. The Morgan fingerprint density at radius 2 is 2.14 bits per heavy atom. The number of ketones is 2. The molecule has 0 bridgehead atoms. The highest BCUT2D eigenvalue weighted by Crippen LogP contribution is 2.21. The van der Waals surface area contributed by atoms with Crippen LogP contribution in [0.2, 0.25) is 0 Å². The molecule has 0 saturated heterocycles. The molecule has 0 amide bonds. The van der Waals surface area contributed by atoms with Crippen LogP contribution in [0.4, 0.5) is 0 Å². The lowest BCUT2D eigenvalue weighted by molar-refractivity contribution is 0.0966. The van der Waals surface area contributed by atoms with Gasteiger partial charge >= 0.3 is 0 Å². The SMILES string of the molecule is N=C1C(=O)c2cccnc2C(=O)C1Br. The number of hydrogen-bond donors (Lipinski definition) is 1. The lowest BCUT2D eigenvalue weighted by Gasteiger charge is -2.17. The summed E-state index contributed by atoms with van der Waals surface area (Å²) in [5, 5.41) is 7.42. The molecule has 0 spiro atoms. The van der Waals surface area contributed by atoms with Crippen LogP contribution in [0.1, 0.15) is 20.8 Å². The third-order valence-electron chi connectivity index (χ3n) is 2.01. The van der Waals surface area contributed by atoms with Crippen LogP contribution >= 0.6 is 15.9 Å². The van der Waals surface area contributed by atoms with Gasteiger partial charge in [-0.3, -0.25) is 20.0 Å². The average Bonchev–Trinajstić information content (AvgIpc) is 2.23. The van der Waals surface area contributed by atoms with Crippen molar-refractivity contribution >= 4 is 33.2 Å². The highest BCUT2D eigenvalue weighted by molar-refractivity contribution is 9.10. The molecule has 0 saturated carbocycles. The molecule has 0 radical (unpaired) electrons. The van der Waals surface area contributed by atoms with Crippen molar-refractivity contribution in [2.75, 3.05) is 0 Å². The van der Waals surface area contributed by atoms with Gasteiger partial charge in [0.15, 0.2) is 0 Å². The molecule has 2 rings (SSSR count). The minimum Gasteiger partial charge on any atom is -0.300 e. The Hall–Kier alpha value is -1.36. The smallest absolute Gasteiger partial charge is 0.210 e. The van der Waals surface area contributed by atoms with E-state index in [-0.39, 0.29) is 22.8 Å². The fraction of sp³-hybridized carbons (Fsp3) is 0.111. The molecule has 0 aliphatic heterocycles. The van der Waals surface area contributed by atoms with E-state index >= 15 is 0 Å². The van der Waals surface area contributed by atoms with Crippen molar-refractivity contribution in [1.29, 1.82) is 5.41 Å². The summed E-state index contributed by atoms with van der Waals surface area (Å²) in [5.41, 5.74) is 0.143. The van der Waals surface area contributed by atoms with Crippen LogP contribution in [-0.2, 0) is 0 Å². The summed E-state index contributed by atoms with van der Waals surface area (Å²) in [6, 6.07) is 3.09. The van der Waals surface area contributed by atoms with Crippen molar-refractivity contribution in [2.24, 2.45) is 0 Å². The highest BCUT2D eigenvalue weighted by Gasteiger charge is 2.36. The number of rotatable bonds is 0. The number of halogens is 1. The standard InChI is InChI=1S/C9H5BrN2O2/c10-5-6(11)8(13)4-2-1-3-12-7(4)9(5)14/h1-3,5,11H. The Labute approximate surface area is 88.0 Å². The molecule has 4 nitrogen and oxygen atoms in total. The van der Waals surface area contributed by atoms with Crippen molar-refractivity contribution in [3.05, 3.63) is 29.6 Å². The highest BCUT2D eigenvalue weighted by atomic mass is 79.9. The zero-order valence-corrected chi connectivity index (χ0v) is 8.54. The maximum absolute atomic E-state index is 11.6. The van der Waals surface area contributed by atoms with Crippen LogP contribution in [0.15, 0.2) is 18.3 Å². The van der Waals surface area contributed by atoms with Crippen LogP contribution < -0.4 is 0 Å². The summed E-state index contributed by atoms with van der Waals surface area (Å²) >= 11 is 2.99. The lowest BCUT2D eigenvalue weighted by atomic mass is 9.92. The maximum Gasteiger partial charge on any atom is 0.210 e. The number of aromatic nitrogens is 1. The van der Waals surface area contributed by atoms with Crippen molar-refractivity contribution in [3.8, 4) is 0 Å². The van der Waals surface area contributed by atoms with Crippen molar-refractivity contribution in [2.45, 2.75) is 4.83 Å². The number of alkyl halides is 1. The van der Waals surface area contributed by atoms with E-state index < -0.39 is 10.6 Å². The largest absolute Gasteiger partial charge is 0.300 e. The summed E-state index contributed by atoms with van der Waals surface area (Å²) in [6.45, 7) is 0. The summed E-state index contributed by atoms with van der Waals surface area (Å²) in [5.74, 6) is -0.764. The van der Waals surface area contributed by atoms with Gasteiger partial charge in [-0.1, -0.05) is 15.9 Å². The third-order valence-corrected chi connectivity index (χ3v) is 2.89. The Kier molecular flexibility index (Phi) is 2.03. The second-order valence-corrected chi connectivity index (χ2v) is 3.78. The molecular weight excluding hydrogens is 248 g/mol.